The number of aliphatic hydroxyl groups is 3. The second-order valence-corrected chi connectivity index (χ2v) is 6.80. The number of aliphatic hydroxyl groups excluding tert-OH is 3. The van der Waals surface area contributed by atoms with Crippen LogP contribution in [0.4, 0.5) is 5.69 Å². The Balaban J connectivity index is 0.000000472. The van der Waals surface area contributed by atoms with E-state index < -0.39 is 32.2 Å². The first-order valence-corrected chi connectivity index (χ1v) is 8.47. The first kappa shape index (κ1) is 20.8. The molecule has 0 fully saturated rings. The van der Waals surface area contributed by atoms with Crippen molar-refractivity contribution in [2.75, 3.05) is 19.8 Å². The zero-order valence-corrected chi connectivity index (χ0v) is 13.2. The van der Waals surface area contributed by atoms with Crippen molar-refractivity contribution in [3.8, 4) is 5.75 Å². The van der Waals surface area contributed by atoms with Crippen molar-refractivity contribution in [1.82, 2.24) is 0 Å². The van der Waals surface area contributed by atoms with Crippen LogP contribution >= 0.6 is 19.0 Å². The summed E-state index contributed by atoms with van der Waals surface area (Å²) < 4.78 is 15.3. The van der Waals surface area contributed by atoms with Gasteiger partial charge in [-0.15, -0.1) is 0 Å². The molecule has 11 heteroatoms. The van der Waals surface area contributed by atoms with Crippen LogP contribution in [0.5, 0.6) is 5.75 Å². The third-order valence-electron chi connectivity index (χ3n) is 2.18. The average Bonchev–Trinajstić information content (AvgIpc) is 2.48. The van der Waals surface area contributed by atoms with E-state index in [-0.39, 0.29) is 5.75 Å². The van der Waals surface area contributed by atoms with Gasteiger partial charge in [-0.05, 0) is 36.5 Å². The van der Waals surface area contributed by atoms with Gasteiger partial charge in [-0.1, -0.05) is 0 Å². The van der Waals surface area contributed by atoms with Crippen LogP contribution in [0.15, 0.2) is 29.3 Å². The number of thiol groups is 1. The molecule has 0 heterocycles. The minimum absolute atomic E-state index is 0.177. The number of nitrogens with zero attached hydrogens (tertiary/aromatic N) is 1. The normalized spacial score (nSPS) is 13.2. The highest BCUT2D eigenvalue weighted by Crippen LogP contribution is 2.47. The van der Waals surface area contributed by atoms with E-state index in [9.17, 15) is 9.36 Å². The lowest BCUT2D eigenvalue weighted by molar-refractivity contribution is 0.0697. The van der Waals surface area contributed by atoms with E-state index in [0.29, 0.717) is 5.69 Å². The number of isocyanates is 1. The standard InChI is InChI=1S/C7H6NO4PS.C4H11NO3/c9-5-8-6-1-3-7(4-2-6)12-13(10,11)14;5-4(1-6,2-7)3-8/h1-4H,(H2,10,11,14);6-8H,1-3,5H2. The molecule has 0 spiro atoms. The van der Waals surface area contributed by atoms with Gasteiger partial charge in [-0.25, -0.2) is 9.36 Å². The number of nitrogens with two attached hydrogens (primary N) is 1. The fourth-order valence-electron chi connectivity index (χ4n) is 0.922. The largest absolute Gasteiger partial charge is 0.434 e. The Labute approximate surface area is 131 Å². The predicted octanol–water partition coefficient (Wildman–Crippen LogP) is -0.276. The summed E-state index contributed by atoms with van der Waals surface area (Å²) in [4.78, 5) is 22.0. The SMILES string of the molecule is NC(CO)(CO)CO.O=C=Nc1ccc(OP(=O)(O)S)cc1. The highest BCUT2D eigenvalue weighted by Gasteiger charge is 2.20. The molecule has 1 aromatic carbocycles. The van der Waals surface area contributed by atoms with E-state index in [0.717, 1.165) is 0 Å². The molecule has 1 aromatic rings. The van der Waals surface area contributed by atoms with Crippen molar-refractivity contribution in [3.05, 3.63) is 24.3 Å². The summed E-state index contributed by atoms with van der Waals surface area (Å²) in [6, 6.07) is 5.69. The van der Waals surface area contributed by atoms with E-state index in [2.05, 4.69) is 21.8 Å². The van der Waals surface area contributed by atoms with Crippen molar-refractivity contribution >= 4 is 30.8 Å². The van der Waals surface area contributed by atoms with Gasteiger partial charge in [-0.2, -0.15) is 4.99 Å². The van der Waals surface area contributed by atoms with E-state index in [1.54, 1.807) is 0 Å². The lowest BCUT2D eigenvalue weighted by Crippen LogP contribution is -2.50. The van der Waals surface area contributed by atoms with Gasteiger partial charge in [0, 0.05) is 0 Å². The molecule has 124 valence electrons. The molecule has 6 N–H and O–H groups in total. The summed E-state index contributed by atoms with van der Waals surface area (Å²) in [6.45, 7) is -5.04. The Morgan fingerprint density at radius 3 is 1.95 bits per heavy atom. The van der Waals surface area contributed by atoms with Crippen molar-refractivity contribution in [1.29, 1.82) is 0 Å². The summed E-state index contributed by atoms with van der Waals surface area (Å²) >= 11 is 3.34. The van der Waals surface area contributed by atoms with E-state index in [4.69, 9.17) is 25.9 Å². The van der Waals surface area contributed by atoms with Crippen molar-refractivity contribution in [2.45, 2.75) is 5.54 Å². The van der Waals surface area contributed by atoms with Crippen molar-refractivity contribution in [2.24, 2.45) is 10.7 Å². The number of hydrogen-bond acceptors (Lipinski definition) is 8. The lowest BCUT2D eigenvalue weighted by Gasteiger charge is -2.20. The van der Waals surface area contributed by atoms with Crippen LogP contribution in [0, 0.1) is 0 Å². The molecule has 1 unspecified atom stereocenters. The Kier molecular flexibility index (Phi) is 9.19. The van der Waals surface area contributed by atoms with Gasteiger partial charge in [0.1, 0.15) is 5.75 Å². The van der Waals surface area contributed by atoms with Gasteiger partial charge in [-0.3, -0.25) is 0 Å². The average molecular weight is 352 g/mol. The Bertz CT molecular complexity index is 530. The maximum Gasteiger partial charge on any atom is 0.434 e. The molecule has 0 radical (unpaired) electrons. The monoisotopic (exact) mass is 352 g/mol. The van der Waals surface area contributed by atoms with Gasteiger partial charge < -0.3 is 30.5 Å². The van der Waals surface area contributed by atoms with Crippen LogP contribution in [0.25, 0.3) is 0 Å². The number of hydrogen-bond donors (Lipinski definition) is 6. The van der Waals surface area contributed by atoms with Crippen LogP contribution in [0.3, 0.4) is 0 Å². The maximum atomic E-state index is 10.7. The van der Waals surface area contributed by atoms with Gasteiger partial charge >= 0.3 is 6.80 Å². The van der Waals surface area contributed by atoms with Crippen LogP contribution in [0.2, 0.25) is 0 Å². The fourth-order valence-corrected chi connectivity index (χ4v) is 1.60. The first-order chi connectivity index (χ1) is 10.2. The molecule has 0 bridgehead atoms. The topological polar surface area (TPSA) is 163 Å². The zero-order valence-electron chi connectivity index (χ0n) is 11.4. The third kappa shape index (κ3) is 8.93. The second-order valence-electron chi connectivity index (χ2n) is 4.12. The molecule has 0 amide bonds. The van der Waals surface area contributed by atoms with Gasteiger partial charge in [0.25, 0.3) is 0 Å². The smallest absolute Gasteiger partial charge is 0.417 e. The van der Waals surface area contributed by atoms with E-state index in [1.165, 1.54) is 30.3 Å². The van der Waals surface area contributed by atoms with Crippen LogP contribution < -0.4 is 10.3 Å². The predicted molar refractivity (Wildman–Crippen MR) is 81.8 cm³/mol. The molecule has 0 aliphatic rings. The molecular weight excluding hydrogens is 335 g/mol. The minimum atomic E-state index is -3.83. The molecule has 1 atom stereocenters. The second kappa shape index (κ2) is 9.73. The summed E-state index contributed by atoms with van der Waals surface area (Å²) in [5.41, 5.74) is 4.33. The van der Waals surface area contributed by atoms with Crippen LogP contribution in [-0.2, 0) is 9.36 Å². The van der Waals surface area contributed by atoms with Gasteiger partial charge in [0.05, 0.1) is 31.0 Å². The Morgan fingerprint density at radius 2 is 1.68 bits per heavy atom. The summed E-state index contributed by atoms with van der Waals surface area (Å²) in [5.74, 6) is 0.177. The number of rotatable bonds is 6. The molecule has 22 heavy (non-hydrogen) atoms. The number of carbonyl (C=O) groups excluding carboxylic acids is 1. The molecule has 0 saturated carbocycles. The minimum Gasteiger partial charge on any atom is -0.417 e. The molecule has 0 aliphatic heterocycles. The Morgan fingerprint density at radius 1 is 1.23 bits per heavy atom. The lowest BCUT2D eigenvalue weighted by atomic mass is 10.1. The number of benzene rings is 1. The molecular formula is C11H17N2O7PS. The summed E-state index contributed by atoms with van der Waals surface area (Å²) in [7, 11) is 0. The quantitative estimate of drug-likeness (QED) is 0.176. The summed E-state index contributed by atoms with van der Waals surface area (Å²) in [5, 5.41) is 25.0. The number of aliphatic imine (C=N–C) groups is 1. The van der Waals surface area contributed by atoms with Crippen LogP contribution in [-0.4, -0.2) is 51.7 Å². The van der Waals surface area contributed by atoms with E-state index in [1.807, 2.05) is 0 Å². The van der Waals surface area contributed by atoms with Gasteiger partial charge in [0.2, 0.25) is 6.08 Å². The highest BCUT2D eigenvalue weighted by atomic mass is 32.7. The third-order valence-corrected chi connectivity index (χ3v) is 2.87. The molecule has 0 saturated heterocycles. The van der Waals surface area contributed by atoms with Crippen molar-refractivity contribution < 1.29 is 34.1 Å². The molecule has 1 rings (SSSR count). The highest BCUT2D eigenvalue weighted by molar-refractivity contribution is 8.44. The van der Waals surface area contributed by atoms with Crippen LogP contribution in [0.1, 0.15) is 0 Å². The molecule has 0 aliphatic carbocycles. The first-order valence-electron chi connectivity index (χ1n) is 5.74. The van der Waals surface area contributed by atoms with E-state index >= 15 is 0 Å². The maximum absolute atomic E-state index is 10.7. The fraction of sp³-hybridized carbons (Fsp3) is 0.364. The van der Waals surface area contributed by atoms with Crippen molar-refractivity contribution in [3.63, 3.8) is 0 Å². The molecule has 9 nitrogen and oxygen atoms in total. The Hall–Kier alpha value is -1.22. The van der Waals surface area contributed by atoms with Gasteiger partial charge in [0.15, 0.2) is 0 Å². The summed E-state index contributed by atoms with van der Waals surface area (Å²) in [6.07, 6.45) is 1.37. The zero-order chi connectivity index (χ0) is 17.2. The molecule has 0 aromatic heterocycles.